The predicted molar refractivity (Wildman–Crippen MR) is 84.7 cm³/mol. The number of rotatable bonds is 4. The number of hydrogen-bond acceptors (Lipinski definition) is 3. The molecule has 4 nitrogen and oxygen atoms in total. The first-order valence-corrected chi connectivity index (χ1v) is 7.31. The molecule has 0 radical (unpaired) electrons. The zero-order valence-corrected chi connectivity index (χ0v) is 13.1. The number of benzene rings is 1. The average Bonchev–Trinajstić information content (AvgIpc) is 2.42. The van der Waals surface area contributed by atoms with Crippen LogP contribution in [0.2, 0.25) is 0 Å². The van der Waals surface area contributed by atoms with Crippen molar-refractivity contribution in [2.75, 3.05) is 11.1 Å². The number of amides is 1. The second-order valence-corrected chi connectivity index (χ2v) is 5.46. The Morgan fingerprint density at radius 3 is 2.81 bits per heavy atom. The molecule has 0 aliphatic carbocycles. The van der Waals surface area contributed by atoms with Gasteiger partial charge in [0.15, 0.2) is 0 Å². The highest BCUT2D eigenvalue weighted by Gasteiger charge is 2.10. The molecule has 0 saturated heterocycles. The van der Waals surface area contributed by atoms with Gasteiger partial charge in [-0.1, -0.05) is 13.3 Å². The van der Waals surface area contributed by atoms with E-state index in [9.17, 15) is 9.18 Å². The van der Waals surface area contributed by atoms with E-state index in [4.69, 9.17) is 5.73 Å². The Morgan fingerprint density at radius 1 is 1.38 bits per heavy atom. The molecular formula is C15H15BrFN3O. The maximum absolute atomic E-state index is 13.4. The van der Waals surface area contributed by atoms with Crippen LogP contribution in [-0.4, -0.2) is 10.9 Å². The summed E-state index contributed by atoms with van der Waals surface area (Å²) < 4.78 is 13.8. The number of nitrogen functional groups attached to an aromatic ring is 1. The van der Waals surface area contributed by atoms with Gasteiger partial charge in [0.25, 0.3) is 5.91 Å². The Hall–Kier alpha value is -1.95. The zero-order valence-electron chi connectivity index (χ0n) is 11.5. The number of hydrogen-bond donors (Lipinski definition) is 2. The average molecular weight is 352 g/mol. The molecule has 3 N–H and O–H groups in total. The number of carbonyl (C=O) groups is 1. The number of aryl methyl sites for hydroxylation is 1. The zero-order chi connectivity index (χ0) is 15.4. The van der Waals surface area contributed by atoms with E-state index in [2.05, 4.69) is 26.2 Å². The number of nitrogens with two attached hydrogens (primary N) is 1. The fourth-order valence-corrected chi connectivity index (χ4v) is 2.15. The van der Waals surface area contributed by atoms with Crippen molar-refractivity contribution in [2.24, 2.45) is 0 Å². The van der Waals surface area contributed by atoms with Crippen LogP contribution in [-0.2, 0) is 6.42 Å². The summed E-state index contributed by atoms with van der Waals surface area (Å²) >= 11 is 3.06. The molecule has 1 aromatic heterocycles. The van der Waals surface area contributed by atoms with Crippen LogP contribution in [0.3, 0.4) is 0 Å². The molecule has 21 heavy (non-hydrogen) atoms. The highest BCUT2D eigenvalue weighted by atomic mass is 79.9. The number of pyridine rings is 1. The normalized spacial score (nSPS) is 10.4. The molecule has 2 aromatic rings. The quantitative estimate of drug-likeness (QED) is 0.880. The fraction of sp³-hybridized carbons (Fsp3) is 0.200. The van der Waals surface area contributed by atoms with Gasteiger partial charge in [0.05, 0.1) is 4.47 Å². The number of nitrogens with zero attached hydrogens (tertiary/aromatic N) is 1. The number of halogens is 2. The van der Waals surface area contributed by atoms with Crippen LogP contribution in [0.25, 0.3) is 0 Å². The van der Waals surface area contributed by atoms with E-state index in [0.29, 0.717) is 21.5 Å². The van der Waals surface area contributed by atoms with Gasteiger partial charge in [0.2, 0.25) is 0 Å². The Morgan fingerprint density at radius 2 is 2.14 bits per heavy atom. The third kappa shape index (κ3) is 4.01. The van der Waals surface area contributed by atoms with Crippen molar-refractivity contribution in [3.05, 3.63) is 51.9 Å². The Kier molecular flexibility index (Phi) is 4.90. The van der Waals surface area contributed by atoms with Crippen molar-refractivity contribution in [3.8, 4) is 0 Å². The van der Waals surface area contributed by atoms with Crippen LogP contribution in [0.15, 0.2) is 34.8 Å². The highest BCUT2D eigenvalue weighted by molar-refractivity contribution is 9.10. The van der Waals surface area contributed by atoms with E-state index in [0.717, 1.165) is 18.5 Å². The minimum atomic E-state index is -0.436. The van der Waals surface area contributed by atoms with E-state index in [-0.39, 0.29) is 5.91 Å². The van der Waals surface area contributed by atoms with Gasteiger partial charge in [-0.3, -0.25) is 4.79 Å². The lowest BCUT2D eigenvalue weighted by Gasteiger charge is -2.08. The maximum atomic E-state index is 13.4. The monoisotopic (exact) mass is 351 g/mol. The summed E-state index contributed by atoms with van der Waals surface area (Å²) in [5, 5.41) is 2.64. The molecule has 0 aliphatic heterocycles. The number of aromatic nitrogens is 1. The van der Waals surface area contributed by atoms with Crippen molar-refractivity contribution >= 4 is 33.3 Å². The van der Waals surface area contributed by atoms with Gasteiger partial charge in [0, 0.05) is 16.9 Å². The van der Waals surface area contributed by atoms with Crippen LogP contribution in [0.4, 0.5) is 15.9 Å². The second-order valence-electron chi connectivity index (χ2n) is 4.61. The van der Waals surface area contributed by atoms with Crippen LogP contribution in [0.5, 0.6) is 0 Å². The fourth-order valence-electron chi connectivity index (χ4n) is 1.90. The second kappa shape index (κ2) is 6.67. The summed E-state index contributed by atoms with van der Waals surface area (Å²) in [5.41, 5.74) is 7.27. The molecule has 0 saturated carbocycles. The number of nitrogens with one attached hydrogen (secondary N) is 1. The molecule has 1 heterocycles. The molecule has 110 valence electrons. The van der Waals surface area contributed by atoms with Crippen LogP contribution >= 0.6 is 15.9 Å². The summed E-state index contributed by atoms with van der Waals surface area (Å²) in [6.07, 6.45) is 1.66. The topological polar surface area (TPSA) is 68.0 Å². The van der Waals surface area contributed by atoms with Crippen molar-refractivity contribution in [2.45, 2.75) is 19.8 Å². The molecule has 0 spiro atoms. The lowest BCUT2D eigenvalue weighted by molar-refractivity contribution is 0.102. The molecule has 0 unspecified atom stereocenters. The summed E-state index contributed by atoms with van der Waals surface area (Å²) in [5.74, 6) is -0.482. The SMILES string of the molecule is CCCc1cc(C(=O)Nc2ccc(Br)c(F)c2)cc(N)n1. The molecule has 0 fully saturated rings. The lowest BCUT2D eigenvalue weighted by Crippen LogP contribution is -2.13. The first-order chi connectivity index (χ1) is 9.99. The number of carbonyl (C=O) groups excluding carboxylic acids is 1. The molecule has 1 aromatic carbocycles. The van der Waals surface area contributed by atoms with Crippen molar-refractivity contribution in [3.63, 3.8) is 0 Å². The minimum absolute atomic E-state index is 0.299. The van der Waals surface area contributed by atoms with Crippen molar-refractivity contribution in [1.82, 2.24) is 4.98 Å². The summed E-state index contributed by atoms with van der Waals surface area (Å²) in [6.45, 7) is 2.02. The molecule has 2 rings (SSSR count). The Labute approximate surface area is 130 Å². The molecule has 0 atom stereocenters. The lowest BCUT2D eigenvalue weighted by atomic mass is 10.1. The number of anilines is 2. The smallest absolute Gasteiger partial charge is 0.255 e. The van der Waals surface area contributed by atoms with Gasteiger partial charge in [-0.05, 0) is 52.7 Å². The van der Waals surface area contributed by atoms with Crippen LogP contribution < -0.4 is 11.1 Å². The predicted octanol–water partition coefficient (Wildman–Crippen LogP) is 3.77. The first-order valence-electron chi connectivity index (χ1n) is 6.52. The van der Waals surface area contributed by atoms with E-state index in [1.54, 1.807) is 12.1 Å². The van der Waals surface area contributed by atoms with Crippen molar-refractivity contribution < 1.29 is 9.18 Å². The Balaban J connectivity index is 2.21. The van der Waals surface area contributed by atoms with E-state index < -0.39 is 5.82 Å². The van der Waals surface area contributed by atoms with Crippen molar-refractivity contribution in [1.29, 1.82) is 0 Å². The minimum Gasteiger partial charge on any atom is -0.384 e. The van der Waals surface area contributed by atoms with Gasteiger partial charge in [-0.15, -0.1) is 0 Å². The largest absolute Gasteiger partial charge is 0.384 e. The standard InChI is InChI=1S/C15H15BrFN3O/c1-2-3-10-6-9(7-14(18)19-10)15(21)20-11-4-5-12(16)13(17)8-11/h4-8H,2-3H2,1H3,(H2,18,19)(H,20,21). The van der Waals surface area contributed by atoms with Gasteiger partial charge >= 0.3 is 0 Å². The van der Waals surface area contributed by atoms with Gasteiger partial charge in [0.1, 0.15) is 11.6 Å². The summed E-state index contributed by atoms with van der Waals surface area (Å²) in [4.78, 5) is 16.4. The molecule has 1 amide bonds. The van der Waals surface area contributed by atoms with Gasteiger partial charge in [-0.25, -0.2) is 9.37 Å². The van der Waals surface area contributed by atoms with Crippen LogP contribution in [0, 0.1) is 5.82 Å². The van der Waals surface area contributed by atoms with Crippen LogP contribution in [0.1, 0.15) is 29.4 Å². The van der Waals surface area contributed by atoms with E-state index in [1.807, 2.05) is 6.92 Å². The molecule has 6 heteroatoms. The highest BCUT2D eigenvalue weighted by Crippen LogP contribution is 2.20. The molecular weight excluding hydrogens is 337 g/mol. The van der Waals surface area contributed by atoms with E-state index >= 15 is 0 Å². The third-order valence-electron chi connectivity index (χ3n) is 2.84. The summed E-state index contributed by atoms with van der Waals surface area (Å²) in [7, 11) is 0. The Bertz CT molecular complexity index is 676. The molecule has 0 aliphatic rings. The molecule has 0 bridgehead atoms. The van der Waals surface area contributed by atoms with E-state index in [1.165, 1.54) is 18.2 Å². The maximum Gasteiger partial charge on any atom is 0.255 e. The van der Waals surface area contributed by atoms with Gasteiger partial charge in [-0.2, -0.15) is 0 Å². The first kappa shape index (κ1) is 15.4. The van der Waals surface area contributed by atoms with Gasteiger partial charge < -0.3 is 11.1 Å². The third-order valence-corrected chi connectivity index (χ3v) is 3.49. The summed E-state index contributed by atoms with van der Waals surface area (Å²) in [6, 6.07) is 7.60.